The number of hydrogen-bond donors (Lipinski definition) is 0. The third kappa shape index (κ3) is 0.983. The van der Waals surface area contributed by atoms with Gasteiger partial charge in [0.25, 0.3) is 0 Å². The minimum absolute atomic E-state index is 1.41. The van der Waals surface area contributed by atoms with E-state index < -0.39 is 0 Å². The van der Waals surface area contributed by atoms with Gasteiger partial charge in [-0.3, -0.25) is 0 Å². The van der Waals surface area contributed by atoms with E-state index in [-0.39, 0.29) is 0 Å². The lowest BCUT2D eigenvalue weighted by atomic mass is 10.4. The van der Waals surface area contributed by atoms with Crippen molar-refractivity contribution in [1.29, 1.82) is 0 Å². The summed E-state index contributed by atoms with van der Waals surface area (Å²) in [6.45, 7) is 1.41. The van der Waals surface area contributed by atoms with E-state index in [4.69, 9.17) is 0 Å². The second-order valence-electron chi connectivity index (χ2n) is 1.70. The molecule has 0 aliphatic rings. The van der Waals surface area contributed by atoms with Crippen molar-refractivity contribution in [2.24, 2.45) is 0 Å². The minimum Gasteiger partial charge on any atom is -0.0587 e. The van der Waals surface area contributed by atoms with Crippen LogP contribution in [0.4, 0.5) is 0 Å². The molecule has 0 saturated carbocycles. The molecule has 0 fully saturated rings. The van der Waals surface area contributed by atoms with Crippen LogP contribution in [0.3, 0.4) is 0 Å². The van der Waals surface area contributed by atoms with Crippen LogP contribution in [0.1, 0.15) is 0 Å². The van der Waals surface area contributed by atoms with E-state index in [0.717, 1.165) is 0 Å². The summed E-state index contributed by atoms with van der Waals surface area (Å²) in [5.74, 6) is 0. The molecule has 9 heavy (non-hydrogen) atoms. The lowest BCUT2D eigenvalue weighted by Crippen LogP contribution is -1.54. The van der Waals surface area contributed by atoms with Gasteiger partial charge in [-0.1, -0.05) is 12.1 Å². The maximum absolute atomic E-state index is 2.17. The van der Waals surface area contributed by atoms with Crippen molar-refractivity contribution in [3.8, 4) is 0 Å². The highest BCUT2D eigenvalue weighted by Crippen LogP contribution is 2.34. The topological polar surface area (TPSA) is 0 Å². The zero-order chi connectivity index (χ0) is 6.10. The predicted octanol–water partition coefficient (Wildman–Crippen LogP) is 3.82. The van der Waals surface area contributed by atoms with Crippen LogP contribution in [0.2, 0.25) is 0 Å². The molecule has 0 aliphatic heterocycles. The van der Waals surface area contributed by atoms with Gasteiger partial charge in [-0.15, -0.1) is 0 Å². The zero-order valence-electron chi connectivity index (χ0n) is 4.57. The Kier molecular flexibility index (Phi) is 1.46. The van der Waals surface area contributed by atoms with Crippen molar-refractivity contribution in [3.05, 3.63) is 24.3 Å². The van der Waals surface area contributed by atoms with Crippen LogP contribution in [0.5, 0.6) is 0 Å². The fourth-order valence-electron chi connectivity index (χ4n) is 0.700. The van der Waals surface area contributed by atoms with Gasteiger partial charge in [-0.05, 0) is 12.1 Å². The quantitative estimate of drug-likeness (QED) is 0.528. The minimum atomic E-state index is 1.41. The van der Waals surface area contributed by atoms with Gasteiger partial charge >= 0.3 is 6.55 Å². The van der Waals surface area contributed by atoms with Crippen molar-refractivity contribution in [2.75, 3.05) is 0 Å². The SMILES string of the molecule is c1ccc2[s+]psc2c1. The molecule has 1 heterocycles. The maximum Gasteiger partial charge on any atom is 0.317 e. The summed E-state index contributed by atoms with van der Waals surface area (Å²) in [6.07, 6.45) is 0. The first-order valence-electron chi connectivity index (χ1n) is 2.60. The Morgan fingerprint density at radius 3 is 3.11 bits per heavy atom. The summed E-state index contributed by atoms with van der Waals surface area (Å²) in [5, 5.41) is 0. The van der Waals surface area contributed by atoms with Crippen LogP contribution < -0.4 is 0 Å². The van der Waals surface area contributed by atoms with Crippen molar-refractivity contribution < 1.29 is 0 Å². The molecule has 44 valence electrons. The number of benzene rings is 1. The fourth-order valence-corrected chi connectivity index (χ4v) is 5.44. The second-order valence-corrected chi connectivity index (χ2v) is 5.98. The summed E-state index contributed by atoms with van der Waals surface area (Å²) < 4.78 is 2.87. The average molecular weight is 171 g/mol. The molecule has 0 atom stereocenters. The van der Waals surface area contributed by atoms with Crippen LogP contribution in [0.25, 0.3) is 9.40 Å². The first-order chi connectivity index (χ1) is 4.47. The van der Waals surface area contributed by atoms with Crippen LogP contribution in [0.15, 0.2) is 24.3 Å². The Balaban J connectivity index is 2.95. The highest BCUT2D eigenvalue weighted by molar-refractivity contribution is 8.08. The Bertz CT molecular complexity index is 285. The van der Waals surface area contributed by atoms with E-state index in [1.165, 1.54) is 16.0 Å². The molecule has 0 bridgehead atoms. The van der Waals surface area contributed by atoms with Crippen molar-refractivity contribution >= 4 is 37.8 Å². The van der Waals surface area contributed by atoms with Gasteiger partial charge in [0.15, 0.2) is 9.40 Å². The summed E-state index contributed by atoms with van der Waals surface area (Å²) in [5.41, 5.74) is 0. The van der Waals surface area contributed by atoms with Gasteiger partial charge in [-0.2, -0.15) is 0 Å². The molecule has 1 aromatic carbocycles. The third-order valence-corrected chi connectivity index (χ3v) is 5.47. The molecule has 2 aromatic rings. The van der Waals surface area contributed by atoms with Gasteiger partial charge in [0.05, 0.1) is 0 Å². The first-order valence-corrected chi connectivity index (χ1v) is 6.34. The molecule has 3 heteroatoms. The summed E-state index contributed by atoms with van der Waals surface area (Å²) >= 11 is 0. The first kappa shape index (κ1) is 5.72. The van der Waals surface area contributed by atoms with Crippen LogP contribution in [0, 0.1) is 0 Å². The highest BCUT2D eigenvalue weighted by atomic mass is 32.8. The van der Waals surface area contributed by atoms with Gasteiger partial charge in [0.1, 0.15) is 21.9 Å². The molecule has 0 N–H and O–H groups in total. The smallest absolute Gasteiger partial charge is 0.0587 e. The van der Waals surface area contributed by atoms with Crippen molar-refractivity contribution in [2.45, 2.75) is 0 Å². The van der Waals surface area contributed by atoms with E-state index in [1.54, 1.807) is 0 Å². The van der Waals surface area contributed by atoms with E-state index in [2.05, 4.69) is 24.3 Å². The molecule has 0 saturated heterocycles. The maximum atomic E-state index is 2.17. The van der Waals surface area contributed by atoms with Gasteiger partial charge in [-0.25, -0.2) is 0 Å². The second kappa shape index (κ2) is 2.30. The molecule has 0 nitrogen and oxygen atoms in total. The Morgan fingerprint density at radius 1 is 1.33 bits per heavy atom. The lowest BCUT2D eigenvalue weighted by Gasteiger charge is -1.72. The standard InChI is InChI=1S/C6H4PS2/c1-2-4-6-5(3-1)8-7-9-6/h1-4H/q+1. The highest BCUT2D eigenvalue weighted by Gasteiger charge is 2.03. The molecule has 0 amide bonds. The molecular weight excluding hydrogens is 167 g/mol. The molecule has 0 spiro atoms. The summed E-state index contributed by atoms with van der Waals surface area (Å²) in [7, 11) is 3.81. The summed E-state index contributed by atoms with van der Waals surface area (Å²) in [4.78, 5) is 0. The van der Waals surface area contributed by atoms with E-state index >= 15 is 0 Å². The fraction of sp³-hybridized carbons (Fsp3) is 0. The van der Waals surface area contributed by atoms with E-state index in [1.807, 2.05) is 21.9 Å². The molecule has 1 aromatic heterocycles. The Morgan fingerprint density at radius 2 is 2.22 bits per heavy atom. The molecule has 2 rings (SSSR count). The van der Waals surface area contributed by atoms with Gasteiger partial charge < -0.3 is 0 Å². The van der Waals surface area contributed by atoms with Gasteiger partial charge in [0, 0.05) is 0 Å². The molecule has 0 aliphatic carbocycles. The molecule has 0 radical (unpaired) electrons. The van der Waals surface area contributed by atoms with Crippen molar-refractivity contribution in [3.63, 3.8) is 0 Å². The van der Waals surface area contributed by atoms with Crippen LogP contribution in [-0.4, -0.2) is 0 Å². The van der Waals surface area contributed by atoms with E-state index in [0.29, 0.717) is 0 Å². The monoisotopic (exact) mass is 171 g/mol. The predicted molar refractivity (Wildman–Crippen MR) is 46.6 cm³/mol. The number of fused-ring (bicyclic) bond motifs is 1. The third-order valence-electron chi connectivity index (χ3n) is 1.12. The zero-order valence-corrected chi connectivity index (χ0v) is 7.10. The number of hydrogen-bond acceptors (Lipinski definition) is 1. The van der Waals surface area contributed by atoms with Gasteiger partial charge in [0.2, 0.25) is 0 Å². The van der Waals surface area contributed by atoms with Crippen LogP contribution in [-0.2, 0) is 0 Å². The summed E-state index contributed by atoms with van der Waals surface area (Å²) in [6, 6.07) is 8.53. The molecular formula is C6H4PS2+. The van der Waals surface area contributed by atoms with Crippen molar-refractivity contribution in [1.82, 2.24) is 0 Å². The molecule has 0 unspecified atom stereocenters. The normalized spacial score (nSPS) is 11.1. The largest absolute Gasteiger partial charge is 0.317 e. The van der Waals surface area contributed by atoms with Crippen LogP contribution >= 0.6 is 28.4 Å². The lowest BCUT2D eigenvalue weighted by molar-refractivity contribution is 1.88. The van der Waals surface area contributed by atoms with E-state index in [9.17, 15) is 0 Å². The average Bonchev–Trinajstić information content (AvgIpc) is 2.33. The Hall–Kier alpha value is -0.0400. The Labute approximate surface area is 62.4 Å². The number of rotatable bonds is 0.